The molecule has 0 saturated carbocycles. The Labute approximate surface area is 244 Å². The molecule has 13 heteroatoms. The van der Waals surface area contributed by atoms with Gasteiger partial charge < -0.3 is 34.1 Å². The number of methoxy groups -OCH3 is 4. The first-order valence-corrected chi connectivity index (χ1v) is 14.6. The number of aliphatic hydroxyl groups excluding tert-OH is 1. The maximum absolute atomic E-state index is 12.3. The largest absolute Gasteiger partial charge is 0.495 e. The fourth-order valence-corrected chi connectivity index (χ4v) is 5.04. The van der Waals surface area contributed by atoms with Crippen LogP contribution in [-0.4, -0.2) is 63.2 Å². The monoisotopic (exact) mass is 596 g/mol. The Balaban J connectivity index is 1.70. The van der Waals surface area contributed by atoms with Gasteiger partial charge >= 0.3 is 6.01 Å². The number of benzene rings is 2. The van der Waals surface area contributed by atoms with Crippen molar-refractivity contribution in [3.63, 3.8) is 0 Å². The summed E-state index contributed by atoms with van der Waals surface area (Å²) in [6.45, 7) is 0.295. The molecule has 1 atom stereocenters. The van der Waals surface area contributed by atoms with Crippen LogP contribution in [0.15, 0.2) is 65.8 Å². The van der Waals surface area contributed by atoms with Crippen molar-refractivity contribution in [3.05, 3.63) is 83.3 Å². The molecule has 0 aliphatic heterocycles. The van der Waals surface area contributed by atoms with Crippen LogP contribution in [-0.2, 0) is 23.0 Å². The number of aliphatic hydroxyl groups is 1. The first-order chi connectivity index (χ1) is 20.2. The van der Waals surface area contributed by atoms with E-state index >= 15 is 0 Å². The summed E-state index contributed by atoms with van der Waals surface area (Å²) in [5.74, 6) is 1.61. The van der Waals surface area contributed by atoms with Crippen molar-refractivity contribution in [1.82, 2.24) is 15.0 Å². The average molecular weight is 597 g/mol. The van der Waals surface area contributed by atoms with E-state index in [0.717, 1.165) is 6.26 Å². The molecule has 0 saturated heterocycles. The highest BCUT2D eigenvalue weighted by Gasteiger charge is 2.23. The molecule has 0 fully saturated rings. The highest BCUT2D eigenvalue weighted by Crippen LogP contribution is 2.41. The van der Waals surface area contributed by atoms with Crippen LogP contribution in [0.3, 0.4) is 0 Å². The lowest BCUT2D eigenvalue weighted by Crippen LogP contribution is -2.12. The van der Waals surface area contributed by atoms with Gasteiger partial charge in [-0.25, -0.2) is 13.4 Å². The highest BCUT2D eigenvalue weighted by molar-refractivity contribution is 7.90. The van der Waals surface area contributed by atoms with Crippen LogP contribution in [0.4, 0.5) is 5.82 Å². The third-order valence-electron chi connectivity index (χ3n) is 6.26. The van der Waals surface area contributed by atoms with E-state index in [1.54, 1.807) is 36.5 Å². The van der Waals surface area contributed by atoms with Crippen molar-refractivity contribution in [2.75, 3.05) is 40.0 Å². The normalized spacial score (nSPS) is 11.9. The predicted octanol–water partition coefficient (Wildman–Crippen LogP) is 3.58. The Kier molecular flexibility index (Phi) is 9.65. The summed E-state index contributed by atoms with van der Waals surface area (Å²) in [5, 5.41) is 14.7. The SMILES string of the molecule is COc1ccc(CNc2nc(OCc3ccccn3)ncc2C(O)c2cc(OC)c(OC)c(OC)c2)cc1S(C)(=O)=O. The van der Waals surface area contributed by atoms with Crippen LogP contribution in [0.2, 0.25) is 0 Å². The Bertz CT molecular complexity index is 1610. The molecule has 0 bridgehead atoms. The molecule has 2 aromatic heterocycles. The van der Waals surface area contributed by atoms with E-state index < -0.39 is 15.9 Å². The molecular weight excluding hydrogens is 564 g/mol. The van der Waals surface area contributed by atoms with Gasteiger partial charge in [0, 0.05) is 30.8 Å². The molecule has 2 heterocycles. The molecule has 1 unspecified atom stereocenters. The lowest BCUT2D eigenvalue weighted by atomic mass is 10.0. The number of hydrogen-bond donors (Lipinski definition) is 2. The molecule has 4 aromatic rings. The van der Waals surface area contributed by atoms with Crippen molar-refractivity contribution in [2.24, 2.45) is 0 Å². The second-order valence-corrected chi connectivity index (χ2v) is 11.0. The van der Waals surface area contributed by atoms with Gasteiger partial charge in [0.1, 0.15) is 29.2 Å². The zero-order valence-corrected chi connectivity index (χ0v) is 24.6. The first-order valence-electron chi connectivity index (χ1n) is 12.7. The highest BCUT2D eigenvalue weighted by atomic mass is 32.2. The maximum Gasteiger partial charge on any atom is 0.318 e. The molecule has 4 rings (SSSR count). The molecule has 0 spiro atoms. The smallest absolute Gasteiger partial charge is 0.318 e. The number of rotatable bonds is 13. The third kappa shape index (κ3) is 6.98. The van der Waals surface area contributed by atoms with Crippen LogP contribution in [0.1, 0.15) is 28.5 Å². The number of anilines is 1. The van der Waals surface area contributed by atoms with Crippen molar-refractivity contribution in [3.8, 4) is 29.0 Å². The fraction of sp³-hybridized carbons (Fsp3) is 0.276. The zero-order chi connectivity index (χ0) is 30.3. The molecular formula is C29H32N4O8S. The molecule has 12 nitrogen and oxygen atoms in total. The number of nitrogens with zero attached hydrogens (tertiary/aromatic N) is 3. The summed E-state index contributed by atoms with van der Waals surface area (Å²) in [5.41, 5.74) is 2.08. The van der Waals surface area contributed by atoms with Gasteiger partial charge in [-0.2, -0.15) is 4.98 Å². The Hall–Kier alpha value is -4.62. The predicted molar refractivity (Wildman–Crippen MR) is 154 cm³/mol. The van der Waals surface area contributed by atoms with E-state index in [2.05, 4.69) is 20.3 Å². The quantitative estimate of drug-likeness (QED) is 0.232. The van der Waals surface area contributed by atoms with Crippen molar-refractivity contribution in [1.29, 1.82) is 0 Å². The maximum atomic E-state index is 12.3. The van der Waals surface area contributed by atoms with Crippen molar-refractivity contribution >= 4 is 15.7 Å². The van der Waals surface area contributed by atoms with E-state index in [9.17, 15) is 13.5 Å². The lowest BCUT2D eigenvalue weighted by Gasteiger charge is -2.20. The fourth-order valence-electron chi connectivity index (χ4n) is 4.15. The Morgan fingerprint density at radius 3 is 2.21 bits per heavy atom. The van der Waals surface area contributed by atoms with E-state index in [-0.39, 0.29) is 35.6 Å². The van der Waals surface area contributed by atoms with Gasteiger partial charge in [0.15, 0.2) is 21.3 Å². The van der Waals surface area contributed by atoms with Gasteiger partial charge in [-0.3, -0.25) is 4.98 Å². The van der Waals surface area contributed by atoms with Crippen molar-refractivity contribution in [2.45, 2.75) is 24.2 Å². The van der Waals surface area contributed by atoms with E-state index in [1.807, 2.05) is 12.1 Å². The van der Waals surface area contributed by atoms with E-state index in [0.29, 0.717) is 39.6 Å². The van der Waals surface area contributed by atoms with E-state index in [4.69, 9.17) is 23.7 Å². The van der Waals surface area contributed by atoms with Gasteiger partial charge in [-0.05, 0) is 47.5 Å². The zero-order valence-electron chi connectivity index (χ0n) is 23.8. The summed E-state index contributed by atoms with van der Waals surface area (Å²) in [7, 11) is 2.32. The van der Waals surface area contributed by atoms with Crippen LogP contribution in [0.5, 0.6) is 29.0 Å². The Morgan fingerprint density at radius 1 is 0.905 bits per heavy atom. The number of hydrogen-bond acceptors (Lipinski definition) is 12. The summed E-state index contributed by atoms with van der Waals surface area (Å²) >= 11 is 0. The number of ether oxygens (including phenoxy) is 5. The van der Waals surface area contributed by atoms with Gasteiger partial charge in [0.2, 0.25) is 5.75 Å². The van der Waals surface area contributed by atoms with Crippen LogP contribution in [0, 0.1) is 0 Å². The number of nitrogens with one attached hydrogen (secondary N) is 1. The first kappa shape index (κ1) is 30.3. The summed E-state index contributed by atoms with van der Waals surface area (Å²) < 4.78 is 51.9. The van der Waals surface area contributed by atoms with Crippen LogP contribution >= 0.6 is 0 Å². The standard InChI is InChI=1S/C29H32N4O8S/c1-37-22-10-9-18(12-25(22)42(5,35)36)15-31-28-21(16-32-29(33-28)41-17-20-8-6-7-11-30-20)26(34)19-13-23(38-2)27(40-4)24(14-19)39-3/h6-14,16,26,34H,15,17H2,1-5H3,(H,31,32,33). The minimum atomic E-state index is -3.55. The minimum absolute atomic E-state index is 0.0514. The number of sulfone groups is 1. The molecule has 222 valence electrons. The van der Waals surface area contributed by atoms with Gasteiger partial charge in [-0.15, -0.1) is 0 Å². The number of pyridine rings is 1. The summed E-state index contributed by atoms with van der Waals surface area (Å²) in [6, 6.07) is 13.6. The third-order valence-corrected chi connectivity index (χ3v) is 7.37. The topological polar surface area (TPSA) is 151 Å². The van der Waals surface area contributed by atoms with Gasteiger partial charge in [-0.1, -0.05) is 12.1 Å². The molecule has 2 aromatic carbocycles. The van der Waals surface area contributed by atoms with Gasteiger partial charge in [0.25, 0.3) is 0 Å². The molecule has 42 heavy (non-hydrogen) atoms. The lowest BCUT2D eigenvalue weighted by molar-refractivity contribution is 0.217. The number of aromatic nitrogens is 3. The summed E-state index contributed by atoms with van der Waals surface area (Å²) in [4.78, 5) is 13.1. The van der Waals surface area contributed by atoms with E-state index in [1.165, 1.54) is 40.7 Å². The molecule has 0 aliphatic rings. The van der Waals surface area contributed by atoms with Crippen LogP contribution in [0.25, 0.3) is 0 Å². The Morgan fingerprint density at radius 2 is 1.62 bits per heavy atom. The second-order valence-electron chi connectivity index (χ2n) is 9.04. The molecule has 2 N–H and O–H groups in total. The van der Waals surface area contributed by atoms with Crippen LogP contribution < -0.4 is 29.0 Å². The minimum Gasteiger partial charge on any atom is -0.495 e. The van der Waals surface area contributed by atoms with Gasteiger partial charge in [0.05, 0.1) is 34.1 Å². The van der Waals surface area contributed by atoms with Crippen molar-refractivity contribution < 1.29 is 37.2 Å². The molecule has 0 amide bonds. The summed E-state index contributed by atoms with van der Waals surface area (Å²) in [6.07, 6.45) is 3.01. The average Bonchev–Trinajstić information content (AvgIpc) is 3.01. The molecule has 0 aliphatic carbocycles. The molecule has 0 radical (unpaired) electrons. The second kappa shape index (κ2) is 13.4.